The van der Waals surface area contributed by atoms with Gasteiger partial charge in [-0.2, -0.15) is 0 Å². The number of halogens is 1. The van der Waals surface area contributed by atoms with Gasteiger partial charge >= 0.3 is 7.12 Å². The summed E-state index contributed by atoms with van der Waals surface area (Å²) in [5, 5.41) is 32.5. The number of nitrogens with zero attached hydrogens (tertiary/aromatic N) is 6. The molecule has 140 valence electrons. The van der Waals surface area contributed by atoms with E-state index in [-0.39, 0.29) is 8.85 Å². The second kappa shape index (κ2) is 9.76. The molecule has 0 spiro atoms. The van der Waals surface area contributed by atoms with Crippen LogP contribution in [0.2, 0.25) is 0 Å². The van der Waals surface area contributed by atoms with Gasteiger partial charge in [0.25, 0.3) is 0 Å². The molecular weight excluding hydrogens is 411 g/mol. The fourth-order valence-electron chi connectivity index (χ4n) is 2.10. The number of hydrogen-bond acceptors (Lipinski definition) is 6. The summed E-state index contributed by atoms with van der Waals surface area (Å²) < 4.78 is 4.65. The third-order valence-electron chi connectivity index (χ3n) is 3.45. The predicted octanol–water partition coefficient (Wildman–Crippen LogP) is 1.86. The van der Waals surface area contributed by atoms with Crippen LogP contribution in [0.5, 0.6) is 0 Å². The van der Waals surface area contributed by atoms with E-state index in [2.05, 4.69) is 36.3 Å². The second-order valence-electron chi connectivity index (χ2n) is 5.18. The number of hydrogen-bond donors (Lipinski definition) is 2. The zero-order valence-corrected chi connectivity index (χ0v) is 15.0. The largest absolute Gasteiger partial charge is 0.488 e. The Bertz CT molecular complexity index is 919. The molecule has 10 heteroatoms. The monoisotopic (exact) mass is 431 g/mol. The standard InChI is InChI=1S/C8H8BN3O2.C8H6BrN3.CH4.H2/c13-9(14)7-1-3-8(4-2-7)12-5-10-11-6-12;9-7-1-3-8(4-2-7)12-5-10-11-6-12;;/h1-6,13-14H;1-6H;1H4;1H/i;;;1+1. The molecule has 0 atom stereocenters. The summed E-state index contributed by atoms with van der Waals surface area (Å²) >= 11 is 3.37. The molecule has 2 aromatic heterocycles. The molecule has 0 saturated heterocycles. The normalized spacial score (nSPS) is 9.74. The lowest BCUT2D eigenvalue weighted by molar-refractivity contribution is 0.426. The van der Waals surface area contributed by atoms with E-state index in [1.807, 2.05) is 28.8 Å². The summed E-state index contributed by atoms with van der Waals surface area (Å²) in [5.41, 5.74) is 2.39. The van der Waals surface area contributed by atoms with Crippen molar-refractivity contribution in [3.63, 3.8) is 0 Å². The summed E-state index contributed by atoms with van der Waals surface area (Å²) in [4.78, 5) is 0. The first-order chi connectivity index (χ1) is 12.6. The highest BCUT2D eigenvalue weighted by atomic mass is 79.9. The molecule has 0 aliphatic heterocycles. The highest BCUT2D eigenvalue weighted by molar-refractivity contribution is 9.10. The summed E-state index contributed by atoms with van der Waals surface area (Å²) in [6.45, 7) is 0. The van der Waals surface area contributed by atoms with Crippen LogP contribution in [0, 0.1) is 0 Å². The first kappa shape index (κ1) is 20.5. The summed E-state index contributed by atoms with van der Waals surface area (Å²) in [5.74, 6) is 0. The van der Waals surface area contributed by atoms with Gasteiger partial charge in [-0.1, -0.05) is 35.5 Å². The molecule has 0 bridgehead atoms. The summed E-state index contributed by atoms with van der Waals surface area (Å²) in [7, 11) is -1.43. The lowest BCUT2D eigenvalue weighted by atomic mass is 9.80. The summed E-state index contributed by atoms with van der Waals surface area (Å²) in [6.07, 6.45) is 6.49. The van der Waals surface area contributed by atoms with Crippen LogP contribution in [0.4, 0.5) is 0 Å². The molecule has 4 aromatic rings. The van der Waals surface area contributed by atoms with Gasteiger partial charge in [0, 0.05) is 17.3 Å². The van der Waals surface area contributed by atoms with Crippen molar-refractivity contribution < 1.29 is 11.5 Å². The molecule has 8 nitrogen and oxygen atoms in total. The van der Waals surface area contributed by atoms with Crippen molar-refractivity contribution in [3.05, 3.63) is 78.3 Å². The van der Waals surface area contributed by atoms with Gasteiger partial charge in [0.1, 0.15) is 25.3 Å². The Morgan fingerprint density at radius 1 is 0.704 bits per heavy atom. The Morgan fingerprint density at radius 3 is 1.44 bits per heavy atom. The second-order valence-corrected chi connectivity index (χ2v) is 6.10. The fraction of sp³-hybridized carbons (Fsp3) is 0.0588. The molecule has 0 aliphatic carbocycles. The third-order valence-corrected chi connectivity index (χ3v) is 3.98. The van der Waals surface area contributed by atoms with Gasteiger partial charge in [-0.3, -0.25) is 9.13 Å². The predicted molar refractivity (Wildman–Crippen MR) is 109 cm³/mol. The molecule has 0 aliphatic rings. The molecular formula is C17H20BBrN6O2. The molecule has 0 fully saturated rings. The van der Waals surface area contributed by atoms with Gasteiger partial charge in [0.05, 0.1) is 0 Å². The van der Waals surface area contributed by atoms with Crippen LogP contribution < -0.4 is 5.46 Å². The number of rotatable bonds is 3. The molecule has 2 heterocycles. The Balaban J connectivity index is 0.000000264. The summed E-state index contributed by atoms with van der Waals surface area (Å²) in [6, 6.07) is 14.8. The van der Waals surface area contributed by atoms with Crippen molar-refractivity contribution in [2.75, 3.05) is 0 Å². The van der Waals surface area contributed by atoms with E-state index in [4.69, 9.17) is 10.0 Å². The van der Waals surface area contributed by atoms with Crippen LogP contribution in [0.3, 0.4) is 0 Å². The maximum absolute atomic E-state index is 8.87. The van der Waals surface area contributed by atoms with E-state index in [0.29, 0.717) is 5.46 Å². The van der Waals surface area contributed by atoms with E-state index >= 15 is 0 Å². The lowest BCUT2D eigenvalue weighted by Gasteiger charge is -2.02. The molecule has 4 rings (SSSR count). The quantitative estimate of drug-likeness (QED) is 0.480. The number of benzene rings is 2. The fourth-order valence-corrected chi connectivity index (χ4v) is 2.36. The van der Waals surface area contributed by atoms with E-state index in [1.165, 1.54) is 0 Å². The molecule has 0 unspecified atom stereocenters. The van der Waals surface area contributed by atoms with Gasteiger partial charge in [-0.15, -0.1) is 20.4 Å². The first-order valence-corrected chi connectivity index (χ1v) is 8.34. The first-order valence-electron chi connectivity index (χ1n) is 7.55. The van der Waals surface area contributed by atoms with Crippen molar-refractivity contribution in [1.29, 1.82) is 0 Å². The molecule has 0 amide bonds. The van der Waals surface area contributed by atoms with Crippen molar-refractivity contribution in [2.45, 2.75) is 7.43 Å². The van der Waals surface area contributed by atoms with Gasteiger partial charge in [0.2, 0.25) is 0 Å². The highest BCUT2D eigenvalue weighted by Gasteiger charge is 2.09. The van der Waals surface area contributed by atoms with Gasteiger partial charge in [-0.05, 0) is 41.9 Å². The Labute approximate surface area is 166 Å². The van der Waals surface area contributed by atoms with Gasteiger partial charge < -0.3 is 10.0 Å². The SMILES string of the molecule is Brc1ccc(-n2cnnc2)cc1.C.OB(O)c1ccc(-n2cnnc2)cc1.[2HH]. The van der Waals surface area contributed by atoms with Crippen LogP contribution >= 0.6 is 15.9 Å². The van der Waals surface area contributed by atoms with Crippen LogP contribution in [0.15, 0.2) is 78.3 Å². The highest BCUT2D eigenvalue weighted by Crippen LogP contribution is 2.12. The molecule has 2 N–H and O–H groups in total. The van der Waals surface area contributed by atoms with E-state index < -0.39 is 7.12 Å². The minimum absolute atomic E-state index is 0. The minimum atomic E-state index is -1.43. The topological polar surface area (TPSA) is 102 Å². The van der Waals surface area contributed by atoms with E-state index in [1.54, 1.807) is 54.1 Å². The van der Waals surface area contributed by atoms with Crippen LogP contribution in [-0.4, -0.2) is 46.7 Å². The Kier molecular flexibility index (Phi) is 7.41. The van der Waals surface area contributed by atoms with Crippen molar-refractivity contribution in [1.82, 2.24) is 29.5 Å². The zero-order valence-electron chi connectivity index (χ0n) is 13.5. The zero-order chi connectivity index (χ0) is 18.4. The van der Waals surface area contributed by atoms with Gasteiger partial charge in [0.15, 0.2) is 0 Å². The van der Waals surface area contributed by atoms with E-state index in [0.717, 1.165) is 15.8 Å². The van der Waals surface area contributed by atoms with Crippen LogP contribution in [0.1, 0.15) is 8.85 Å². The molecule has 0 saturated carbocycles. The number of aromatic nitrogens is 6. The van der Waals surface area contributed by atoms with Crippen molar-refractivity contribution in [2.24, 2.45) is 0 Å². The lowest BCUT2D eigenvalue weighted by Crippen LogP contribution is -2.29. The third kappa shape index (κ3) is 5.58. The maximum Gasteiger partial charge on any atom is 0.488 e. The minimum Gasteiger partial charge on any atom is -0.423 e. The molecule has 0 radical (unpaired) electrons. The van der Waals surface area contributed by atoms with Gasteiger partial charge in [-0.25, -0.2) is 0 Å². The molecule has 27 heavy (non-hydrogen) atoms. The van der Waals surface area contributed by atoms with Crippen LogP contribution in [-0.2, 0) is 0 Å². The Hall–Kier alpha value is -2.82. The average molecular weight is 432 g/mol. The Morgan fingerprint density at radius 2 is 1.07 bits per heavy atom. The average Bonchev–Trinajstić information content (AvgIpc) is 3.37. The maximum atomic E-state index is 8.87. The molecule has 2 aromatic carbocycles. The van der Waals surface area contributed by atoms with Crippen LogP contribution in [0.25, 0.3) is 11.4 Å². The van der Waals surface area contributed by atoms with Crippen molar-refractivity contribution in [3.8, 4) is 11.4 Å². The van der Waals surface area contributed by atoms with E-state index in [9.17, 15) is 0 Å². The smallest absolute Gasteiger partial charge is 0.423 e. The van der Waals surface area contributed by atoms with Crippen molar-refractivity contribution >= 4 is 28.5 Å².